The van der Waals surface area contributed by atoms with Gasteiger partial charge in [-0.15, -0.1) is 0 Å². The number of anilines is 1. The van der Waals surface area contributed by atoms with Gasteiger partial charge in [0, 0.05) is 22.3 Å². The minimum absolute atomic E-state index is 0.219. The first-order valence-corrected chi connectivity index (χ1v) is 11.9. The van der Waals surface area contributed by atoms with Gasteiger partial charge in [-0.05, 0) is 64.4 Å². The second kappa shape index (κ2) is 8.88. The molecule has 1 saturated heterocycles. The molecular formula is C24H29ClN8O. The van der Waals surface area contributed by atoms with Crippen LogP contribution in [-0.4, -0.2) is 49.7 Å². The van der Waals surface area contributed by atoms with Crippen molar-refractivity contribution in [3.63, 3.8) is 0 Å². The Labute approximate surface area is 203 Å². The van der Waals surface area contributed by atoms with Crippen LogP contribution >= 0.6 is 11.6 Å². The highest BCUT2D eigenvalue weighted by molar-refractivity contribution is 6.32. The molecule has 1 aromatic carbocycles. The van der Waals surface area contributed by atoms with Crippen LogP contribution < -0.4 is 15.8 Å². The number of fused-ring (bicyclic) bond motifs is 1. The van der Waals surface area contributed by atoms with E-state index in [1.165, 1.54) is 6.33 Å². The van der Waals surface area contributed by atoms with Crippen molar-refractivity contribution in [1.82, 2.24) is 34.8 Å². The Bertz CT molecular complexity index is 1360. The Morgan fingerprint density at radius 3 is 2.71 bits per heavy atom. The Morgan fingerprint density at radius 1 is 1.21 bits per heavy atom. The zero-order valence-electron chi connectivity index (χ0n) is 19.8. The molecule has 4 aromatic rings. The molecule has 0 bridgehead atoms. The highest BCUT2D eigenvalue weighted by Crippen LogP contribution is 2.43. The topological polar surface area (TPSA) is 109 Å². The van der Waals surface area contributed by atoms with Gasteiger partial charge in [0.1, 0.15) is 17.9 Å². The molecule has 5 rings (SSSR count). The quantitative estimate of drug-likeness (QED) is 0.443. The largest absolute Gasteiger partial charge is 0.496 e. The van der Waals surface area contributed by atoms with Crippen LogP contribution in [-0.2, 0) is 0 Å². The molecule has 34 heavy (non-hydrogen) atoms. The van der Waals surface area contributed by atoms with Gasteiger partial charge in [0.2, 0.25) is 0 Å². The number of aromatic nitrogens is 6. The molecule has 178 valence electrons. The summed E-state index contributed by atoms with van der Waals surface area (Å²) in [6.45, 7) is 7.97. The van der Waals surface area contributed by atoms with E-state index in [-0.39, 0.29) is 6.04 Å². The number of rotatable bonds is 5. The second-order valence-corrected chi connectivity index (χ2v) is 9.21. The van der Waals surface area contributed by atoms with Crippen molar-refractivity contribution in [3.8, 4) is 17.0 Å². The summed E-state index contributed by atoms with van der Waals surface area (Å²) in [6, 6.07) is 4.16. The fraction of sp³-hybridized carbons (Fsp3) is 0.417. The maximum Gasteiger partial charge on any atom is 0.164 e. The second-order valence-electron chi connectivity index (χ2n) is 8.81. The molecule has 10 heteroatoms. The summed E-state index contributed by atoms with van der Waals surface area (Å²) in [5, 5.41) is 14.5. The summed E-state index contributed by atoms with van der Waals surface area (Å²) >= 11 is 6.76. The highest BCUT2D eigenvalue weighted by atomic mass is 35.5. The number of aryl methyl sites for hydroxylation is 1. The fourth-order valence-corrected chi connectivity index (χ4v) is 5.11. The molecule has 1 aliphatic heterocycles. The number of nitrogen functional groups attached to an aromatic ring is 1. The van der Waals surface area contributed by atoms with E-state index in [9.17, 15) is 0 Å². The number of methoxy groups -OCH3 is 1. The van der Waals surface area contributed by atoms with Crippen molar-refractivity contribution in [2.75, 3.05) is 25.9 Å². The molecule has 1 unspecified atom stereocenters. The average molecular weight is 481 g/mol. The third kappa shape index (κ3) is 3.69. The third-order valence-electron chi connectivity index (χ3n) is 6.77. The van der Waals surface area contributed by atoms with E-state index in [2.05, 4.69) is 26.2 Å². The number of hydrogen-bond donors (Lipinski definition) is 2. The zero-order chi connectivity index (χ0) is 24.0. The first-order chi connectivity index (χ1) is 16.4. The Balaban J connectivity index is 1.63. The van der Waals surface area contributed by atoms with Gasteiger partial charge >= 0.3 is 0 Å². The predicted octanol–water partition coefficient (Wildman–Crippen LogP) is 4.08. The molecule has 0 aliphatic carbocycles. The highest BCUT2D eigenvalue weighted by Gasteiger charge is 2.26. The first kappa shape index (κ1) is 22.6. The summed E-state index contributed by atoms with van der Waals surface area (Å²) in [7, 11) is 1.68. The number of piperidine rings is 1. The number of nitrogens with zero attached hydrogens (tertiary/aromatic N) is 6. The molecule has 4 heterocycles. The van der Waals surface area contributed by atoms with Crippen LogP contribution in [0.15, 0.2) is 24.7 Å². The van der Waals surface area contributed by atoms with Crippen LogP contribution in [0.1, 0.15) is 48.7 Å². The molecule has 0 radical (unpaired) electrons. The number of halogens is 1. The molecule has 9 nitrogen and oxygen atoms in total. The van der Waals surface area contributed by atoms with Crippen molar-refractivity contribution in [3.05, 3.63) is 46.5 Å². The number of hydrogen-bond acceptors (Lipinski definition) is 7. The van der Waals surface area contributed by atoms with E-state index in [0.717, 1.165) is 65.1 Å². The zero-order valence-corrected chi connectivity index (χ0v) is 20.6. The van der Waals surface area contributed by atoms with Gasteiger partial charge in [0.15, 0.2) is 5.65 Å². The molecule has 0 spiro atoms. The van der Waals surface area contributed by atoms with Crippen LogP contribution in [0, 0.1) is 13.8 Å². The van der Waals surface area contributed by atoms with Gasteiger partial charge in [-0.2, -0.15) is 10.2 Å². The standard InChI is InChI=1S/C24H29ClN8O/c1-13-18(25)11-17(15(3)33-24-21(14(2)30-33)23(26)28-12-29-24)22(34-4)20(13)19-7-10-32(31-19)16-5-8-27-9-6-16/h7,10-12,15-16,27H,5-6,8-9H2,1-4H3,(H2,26,28,29). The van der Waals surface area contributed by atoms with Gasteiger partial charge < -0.3 is 15.8 Å². The van der Waals surface area contributed by atoms with E-state index >= 15 is 0 Å². The molecular weight excluding hydrogens is 452 g/mol. The van der Waals surface area contributed by atoms with E-state index < -0.39 is 0 Å². The minimum Gasteiger partial charge on any atom is -0.496 e. The van der Waals surface area contributed by atoms with Crippen molar-refractivity contribution < 1.29 is 4.74 Å². The Morgan fingerprint density at radius 2 is 1.97 bits per heavy atom. The summed E-state index contributed by atoms with van der Waals surface area (Å²) < 4.78 is 9.91. The van der Waals surface area contributed by atoms with Crippen molar-refractivity contribution in [1.29, 1.82) is 0 Å². The molecule has 3 N–H and O–H groups in total. The number of benzene rings is 1. The van der Waals surface area contributed by atoms with Gasteiger partial charge in [-0.1, -0.05) is 11.6 Å². The molecule has 3 aromatic heterocycles. The summed E-state index contributed by atoms with van der Waals surface area (Å²) in [5.74, 6) is 1.15. The Hall–Kier alpha value is -3.17. The lowest BCUT2D eigenvalue weighted by atomic mass is 9.97. The third-order valence-corrected chi connectivity index (χ3v) is 7.16. The van der Waals surface area contributed by atoms with Gasteiger partial charge in [-0.25, -0.2) is 14.6 Å². The van der Waals surface area contributed by atoms with Crippen LogP contribution in [0.4, 0.5) is 5.82 Å². The predicted molar refractivity (Wildman–Crippen MR) is 133 cm³/mol. The lowest BCUT2D eigenvalue weighted by Crippen LogP contribution is -2.29. The lowest BCUT2D eigenvalue weighted by molar-refractivity contribution is 0.343. The van der Waals surface area contributed by atoms with Gasteiger partial charge in [-0.3, -0.25) is 4.68 Å². The van der Waals surface area contributed by atoms with E-state index in [1.807, 2.05) is 37.6 Å². The molecule has 1 aliphatic rings. The van der Waals surface area contributed by atoms with Crippen molar-refractivity contribution >= 4 is 28.5 Å². The number of ether oxygens (including phenoxy) is 1. The summed E-state index contributed by atoms with van der Waals surface area (Å²) in [4.78, 5) is 8.58. The molecule has 1 atom stereocenters. The van der Waals surface area contributed by atoms with E-state index in [1.54, 1.807) is 7.11 Å². The minimum atomic E-state index is -0.219. The smallest absolute Gasteiger partial charge is 0.164 e. The summed E-state index contributed by atoms with van der Waals surface area (Å²) in [6.07, 6.45) is 5.63. The van der Waals surface area contributed by atoms with Crippen molar-refractivity contribution in [2.45, 2.75) is 45.7 Å². The van der Waals surface area contributed by atoms with Crippen LogP contribution in [0.25, 0.3) is 22.3 Å². The number of nitrogens with two attached hydrogens (primary N) is 1. The fourth-order valence-electron chi connectivity index (χ4n) is 4.90. The maximum absolute atomic E-state index is 6.76. The molecule has 0 amide bonds. The number of nitrogens with one attached hydrogen (secondary N) is 1. The lowest BCUT2D eigenvalue weighted by Gasteiger charge is -2.23. The van der Waals surface area contributed by atoms with Crippen molar-refractivity contribution in [2.24, 2.45) is 0 Å². The van der Waals surface area contributed by atoms with Crippen LogP contribution in [0.3, 0.4) is 0 Å². The Kier molecular flexibility index (Phi) is 5.91. The molecule has 0 saturated carbocycles. The van der Waals surface area contributed by atoms with Crippen LogP contribution in [0.2, 0.25) is 5.02 Å². The van der Waals surface area contributed by atoms with Gasteiger partial charge in [0.25, 0.3) is 0 Å². The normalized spacial score (nSPS) is 15.7. The average Bonchev–Trinajstić information content (AvgIpc) is 3.46. The van der Waals surface area contributed by atoms with E-state index in [4.69, 9.17) is 32.3 Å². The SMILES string of the molecule is COc1c(C(C)n2nc(C)c3c(N)ncnc32)cc(Cl)c(C)c1-c1ccn(C2CCNCC2)n1. The summed E-state index contributed by atoms with van der Waals surface area (Å²) in [5.41, 5.74) is 11.1. The first-order valence-electron chi connectivity index (χ1n) is 11.5. The maximum atomic E-state index is 6.76. The van der Waals surface area contributed by atoms with E-state index in [0.29, 0.717) is 22.5 Å². The molecule has 1 fully saturated rings. The monoisotopic (exact) mass is 480 g/mol. The van der Waals surface area contributed by atoms with Crippen LogP contribution in [0.5, 0.6) is 5.75 Å². The van der Waals surface area contributed by atoms with Gasteiger partial charge in [0.05, 0.1) is 36.0 Å².